The predicted octanol–water partition coefficient (Wildman–Crippen LogP) is 5.31. The van der Waals surface area contributed by atoms with E-state index in [1.54, 1.807) is 0 Å². The predicted molar refractivity (Wildman–Crippen MR) is 123 cm³/mol. The van der Waals surface area contributed by atoms with E-state index in [9.17, 15) is 4.79 Å². The van der Waals surface area contributed by atoms with Gasteiger partial charge in [-0.1, -0.05) is 22.9 Å². The molecule has 0 radical (unpaired) electrons. The Hall–Kier alpha value is -2.09. The van der Waals surface area contributed by atoms with Crippen LogP contribution in [-0.4, -0.2) is 28.6 Å². The number of anilines is 1. The van der Waals surface area contributed by atoms with Crippen molar-refractivity contribution in [1.82, 2.24) is 14.8 Å². The maximum absolute atomic E-state index is 12.5. The number of hydrogen-bond acceptors (Lipinski definition) is 3. The minimum absolute atomic E-state index is 0.184. The van der Waals surface area contributed by atoms with E-state index in [0.717, 1.165) is 41.8 Å². The van der Waals surface area contributed by atoms with Gasteiger partial charge in [0.15, 0.2) is 0 Å². The summed E-state index contributed by atoms with van der Waals surface area (Å²) >= 11 is 5.33. The number of hydrogen-bond donors (Lipinski definition) is 2. The summed E-state index contributed by atoms with van der Waals surface area (Å²) in [6.45, 7) is 7.87. The standard InChI is InChI=1S/C22H25BrN4OS/c1-3-26-11-8-17-18(21(29-20(17)14-26)27-9-4-5-10-27)13-24-22(28)25-16-6-7-19(23)15(2)12-16/h4-7,9-10,12H,3,8,11,13-14H2,1-2H3,(H2,24,25,28). The van der Waals surface area contributed by atoms with Gasteiger partial charge in [0, 0.05) is 52.6 Å². The first-order valence-corrected chi connectivity index (χ1v) is 11.5. The van der Waals surface area contributed by atoms with Gasteiger partial charge in [0.05, 0.1) is 0 Å². The highest BCUT2D eigenvalue weighted by atomic mass is 79.9. The molecule has 0 saturated carbocycles. The maximum Gasteiger partial charge on any atom is 0.319 e. The number of aromatic nitrogens is 1. The Labute approximate surface area is 183 Å². The number of nitrogens with one attached hydrogen (secondary N) is 2. The van der Waals surface area contributed by atoms with Crippen molar-refractivity contribution < 1.29 is 4.79 Å². The molecule has 1 aliphatic rings. The molecule has 0 fully saturated rings. The molecule has 0 saturated heterocycles. The Morgan fingerprint density at radius 3 is 2.79 bits per heavy atom. The van der Waals surface area contributed by atoms with Crippen LogP contribution in [-0.2, 0) is 19.5 Å². The highest BCUT2D eigenvalue weighted by Crippen LogP contribution is 2.35. The lowest BCUT2D eigenvalue weighted by atomic mass is 10.0. The maximum atomic E-state index is 12.5. The van der Waals surface area contributed by atoms with Gasteiger partial charge in [-0.3, -0.25) is 4.90 Å². The molecular formula is C22H25BrN4OS. The van der Waals surface area contributed by atoms with Crippen LogP contribution in [0.1, 0.15) is 28.5 Å². The van der Waals surface area contributed by atoms with E-state index in [1.807, 2.05) is 48.6 Å². The Kier molecular flexibility index (Phi) is 6.08. The fourth-order valence-corrected chi connectivity index (χ4v) is 5.33. The van der Waals surface area contributed by atoms with Gasteiger partial charge in [-0.15, -0.1) is 11.3 Å². The second kappa shape index (κ2) is 8.73. The molecule has 0 atom stereocenters. The Bertz CT molecular complexity index is 1010. The minimum atomic E-state index is -0.184. The Morgan fingerprint density at radius 1 is 1.28 bits per heavy atom. The van der Waals surface area contributed by atoms with Crippen molar-refractivity contribution in [1.29, 1.82) is 0 Å². The summed E-state index contributed by atoms with van der Waals surface area (Å²) in [4.78, 5) is 16.4. The second-order valence-corrected chi connectivity index (χ2v) is 9.21. The average molecular weight is 473 g/mol. The number of carbonyl (C=O) groups excluding carboxylic acids is 1. The lowest BCUT2D eigenvalue weighted by Gasteiger charge is -2.25. The summed E-state index contributed by atoms with van der Waals surface area (Å²) in [5.74, 6) is 0. The lowest BCUT2D eigenvalue weighted by molar-refractivity contribution is 0.251. The largest absolute Gasteiger partial charge is 0.334 e. The summed E-state index contributed by atoms with van der Waals surface area (Å²) in [7, 11) is 0. The molecule has 0 aliphatic carbocycles. The number of rotatable bonds is 5. The van der Waals surface area contributed by atoms with Crippen LogP contribution in [0.15, 0.2) is 47.2 Å². The summed E-state index contributed by atoms with van der Waals surface area (Å²) in [6.07, 6.45) is 5.18. The van der Waals surface area contributed by atoms with E-state index in [4.69, 9.17) is 0 Å². The van der Waals surface area contributed by atoms with Crippen LogP contribution in [0.4, 0.5) is 10.5 Å². The SMILES string of the molecule is CCN1CCc2c(sc(-n3cccc3)c2CNC(=O)Nc2ccc(Br)c(C)c2)C1. The third kappa shape index (κ3) is 4.42. The van der Waals surface area contributed by atoms with E-state index in [-0.39, 0.29) is 6.03 Å². The van der Waals surface area contributed by atoms with Crippen molar-refractivity contribution in [3.05, 3.63) is 68.8 Å². The van der Waals surface area contributed by atoms with Crippen LogP contribution in [0.5, 0.6) is 0 Å². The van der Waals surface area contributed by atoms with Gasteiger partial charge in [-0.05, 0) is 61.3 Å². The number of amides is 2. The zero-order chi connectivity index (χ0) is 20.4. The summed E-state index contributed by atoms with van der Waals surface area (Å²) in [5.41, 5.74) is 4.52. The fourth-order valence-electron chi connectivity index (χ4n) is 3.70. The van der Waals surface area contributed by atoms with E-state index in [2.05, 4.69) is 55.3 Å². The number of urea groups is 1. The van der Waals surface area contributed by atoms with Crippen LogP contribution < -0.4 is 10.6 Å². The molecular weight excluding hydrogens is 448 g/mol. The first kappa shape index (κ1) is 20.2. The topological polar surface area (TPSA) is 49.3 Å². The number of nitrogens with zero attached hydrogens (tertiary/aromatic N) is 2. The number of carbonyl (C=O) groups is 1. The molecule has 5 nitrogen and oxygen atoms in total. The van der Waals surface area contributed by atoms with Crippen molar-refractivity contribution >= 4 is 39.0 Å². The number of fused-ring (bicyclic) bond motifs is 1. The van der Waals surface area contributed by atoms with Crippen molar-refractivity contribution in [2.24, 2.45) is 0 Å². The van der Waals surface area contributed by atoms with E-state index >= 15 is 0 Å². The van der Waals surface area contributed by atoms with Crippen molar-refractivity contribution in [2.75, 3.05) is 18.4 Å². The van der Waals surface area contributed by atoms with Crippen LogP contribution in [0.2, 0.25) is 0 Å². The van der Waals surface area contributed by atoms with Crippen molar-refractivity contribution in [3.8, 4) is 5.00 Å². The highest BCUT2D eigenvalue weighted by molar-refractivity contribution is 9.10. The Balaban J connectivity index is 1.52. The van der Waals surface area contributed by atoms with Gasteiger partial charge >= 0.3 is 6.03 Å². The normalized spacial score (nSPS) is 13.9. The van der Waals surface area contributed by atoms with Crippen LogP contribution in [0.3, 0.4) is 0 Å². The van der Waals surface area contributed by atoms with Gasteiger partial charge in [0.1, 0.15) is 5.00 Å². The average Bonchev–Trinajstić information content (AvgIpc) is 3.36. The molecule has 3 aromatic rings. The van der Waals surface area contributed by atoms with Gasteiger partial charge in [-0.25, -0.2) is 4.79 Å². The zero-order valence-corrected chi connectivity index (χ0v) is 19.1. The van der Waals surface area contributed by atoms with Gasteiger partial charge in [0.2, 0.25) is 0 Å². The van der Waals surface area contributed by atoms with Crippen LogP contribution >= 0.6 is 27.3 Å². The quantitative estimate of drug-likeness (QED) is 0.528. The van der Waals surface area contributed by atoms with Crippen molar-refractivity contribution in [3.63, 3.8) is 0 Å². The Morgan fingerprint density at radius 2 is 2.07 bits per heavy atom. The third-order valence-electron chi connectivity index (χ3n) is 5.35. The lowest BCUT2D eigenvalue weighted by Crippen LogP contribution is -2.31. The van der Waals surface area contributed by atoms with Gasteiger partial charge < -0.3 is 15.2 Å². The molecule has 4 rings (SSSR count). The number of aryl methyl sites for hydroxylation is 1. The number of benzene rings is 1. The molecule has 0 unspecified atom stereocenters. The number of thiophene rings is 1. The molecule has 7 heteroatoms. The smallest absolute Gasteiger partial charge is 0.319 e. The summed E-state index contributed by atoms with van der Waals surface area (Å²) < 4.78 is 3.19. The molecule has 0 bridgehead atoms. The first-order chi connectivity index (χ1) is 14.0. The van der Waals surface area contributed by atoms with E-state index < -0.39 is 0 Å². The van der Waals surface area contributed by atoms with Gasteiger partial charge in [-0.2, -0.15) is 0 Å². The van der Waals surface area contributed by atoms with Gasteiger partial charge in [0.25, 0.3) is 0 Å². The highest BCUT2D eigenvalue weighted by Gasteiger charge is 2.24. The molecule has 0 spiro atoms. The molecule has 1 aliphatic heterocycles. The molecule has 3 heterocycles. The van der Waals surface area contributed by atoms with Crippen LogP contribution in [0, 0.1) is 6.92 Å². The number of halogens is 1. The molecule has 2 aromatic heterocycles. The molecule has 2 N–H and O–H groups in total. The van der Waals surface area contributed by atoms with Crippen molar-refractivity contribution in [2.45, 2.75) is 33.4 Å². The summed E-state index contributed by atoms with van der Waals surface area (Å²) in [6, 6.07) is 9.70. The molecule has 1 aromatic carbocycles. The first-order valence-electron chi connectivity index (χ1n) is 9.85. The minimum Gasteiger partial charge on any atom is -0.334 e. The summed E-state index contributed by atoms with van der Waals surface area (Å²) in [5, 5.41) is 7.21. The monoisotopic (exact) mass is 472 g/mol. The zero-order valence-electron chi connectivity index (χ0n) is 16.7. The van der Waals surface area contributed by atoms with E-state index in [0.29, 0.717) is 6.54 Å². The number of likely N-dealkylation sites (N-methyl/N-ethyl adjacent to an activating group) is 1. The molecule has 2 amide bonds. The second-order valence-electron chi connectivity index (χ2n) is 7.27. The molecule has 29 heavy (non-hydrogen) atoms. The van der Waals surface area contributed by atoms with E-state index in [1.165, 1.54) is 21.0 Å². The third-order valence-corrected chi connectivity index (χ3v) is 7.51. The van der Waals surface area contributed by atoms with Crippen LogP contribution in [0.25, 0.3) is 5.00 Å². The molecule has 152 valence electrons. The fraction of sp³-hybridized carbons (Fsp3) is 0.318.